The Bertz CT molecular complexity index is 1370. The summed E-state index contributed by atoms with van der Waals surface area (Å²) in [6, 6.07) is 19.5. The quantitative estimate of drug-likeness (QED) is 0.342. The molecule has 11 heteroatoms. The van der Waals surface area contributed by atoms with E-state index in [0.29, 0.717) is 33.7 Å². The zero-order valence-corrected chi connectivity index (χ0v) is 23.6. The molecule has 3 aromatic rings. The van der Waals surface area contributed by atoms with Crippen LogP contribution in [0.5, 0.6) is 11.5 Å². The van der Waals surface area contributed by atoms with Crippen molar-refractivity contribution in [3.63, 3.8) is 0 Å². The van der Waals surface area contributed by atoms with Crippen molar-refractivity contribution in [2.24, 2.45) is 0 Å². The lowest BCUT2D eigenvalue weighted by atomic mass is 10.1. The first kappa shape index (κ1) is 29.3. The SMILES string of the molecule is CCNC(=O)[C@@H](C)N(Cc1ccc(Cl)c(Cl)c1)C(=O)CN(c1ccc(Oc2ccccc2)cc1)S(C)(=O)=O. The van der Waals surface area contributed by atoms with Crippen LogP contribution in [-0.2, 0) is 26.2 Å². The van der Waals surface area contributed by atoms with E-state index in [2.05, 4.69) is 5.32 Å². The predicted octanol–water partition coefficient (Wildman–Crippen LogP) is 5.11. The molecular formula is C27H29Cl2N3O5S. The third-order valence-electron chi connectivity index (χ3n) is 5.64. The largest absolute Gasteiger partial charge is 0.457 e. The monoisotopic (exact) mass is 577 g/mol. The number of halogens is 2. The molecule has 0 fully saturated rings. The lowest BCUT2D eigenvalue weighted by molar-refractivity contribution is -0.139. The maximum Gasteiger partial charge on any atom is 0.244 e. The average Bonchev–Trinajstić information content (AvgIpc) is 2.88. The molecule has 0 bridgehead atoms. The van der Waals surface area contributed by atoms with Gasteiger partial charge in [-0.3, -0.25) is 13.9 Å². The molecule has 3 rings (SSSR count). The van der Waals surface area contributed by atoms with Gasteiger partial charge in [-0.15, -0.1) is 0 Å². The third kappa shape index (κ3) is 7.86. The standard InChI is InChI=1S/C27H29Cl2N3O5S/c1-4-30-27(34)19(2)31(17-20-10-15-24(28)25(29)16-20)26(33)18-32(38(3,35)36)21-11-13-23(14-12-21)37-22-8-6-5-7-9-22/h5-16,19H,4,17-18H2,1-3H3,(H,30,34)/t19-/m1/s1. The van der Waals surface area contributed by atoms with Gasteiger partial charge in [0.05, 0.1) is 22.0 Å². The first-order valence-corrected chi connectivity index (χ1v) is 14.4. The Kier molecular flexibility index (Phi) is 10.0. The summed E-state index contributed by atoms with van der Waals surface area (Å²) in [6.45, 7) is 3.25. The number of carbonyl (C=O) groups is 2. The molecule has 0 aliphatic heterocycles. The molecule has 38 heavy (non-hydrogen) atoms. The minimum atomic E-state index is -3.85. The number of nitrogens with zero attached hydrogens (tertiary/aromatic N) is 2. The molecule has 202 valence electrons. The van der Waals surface area contributed by atoms with E-state index in [1.807, 2.05) is 18.2 Å². The second-order valence-electron chi connectivity index (χ2n) is 8.52. The van der Waals surface area contributed by atoms with Gasteiger partial charge in [-0.05, 0) is 67.9 Å². The van der Waals surface area contributed by atoms with E-state index < -0.39 is 28.5 Å². The molecule has 0 saturated carbocycles. The number of nitrogens with one attached hydrogen (secondary N) is 1. The molecule has 8 nitrogen and oxygen atoms in total. The van der Waals surface area contributed by atoms with Crippen molar-refractivity contribution in [2.45, 2.75) is 26.4 Å². The highest BCUT2D eigenvalue weighted by Crippen LogP contribution is 2.27. The van der Waals surface area contributed by atoms with E-state index in [-0.39, 0.29) is 18.1 Å². The number of anilines is 1. The molecule has 0 heterocycles. The maximum absolute atomic E-state index is 13.5. The molecule has 1 N–H and O–H groups in total. The fraction of sp³-hybridized carbons (Fsp3) is 0.259. The van der Waals surface area contributed by atoms with Gasteiger partial charge in [0, 0.05) is 13.1 Å². The van der Waals surface area contributed by atoms with Crippen molar-refractivity contribution in [1.82, 2.24) is 10.2 Å². The van der Waals surface area contributed by atoms with Crippen LogP contribution in [0.15, 0.2) is 72.8 Å². The van der Waals surface area contributed by atoms with E-state index >= 15 is 0 Å². The number of para-hydroxylation sites is 1. The second kappa shape index (κ2) is 13.0. The normalized spacial score (nSPS) is 11.9. The van der Waals surface area contributed by atoms with Crippen molar-refractivity contribution < 1.29 is 22.7 Å². The number of rotatable bonds is 11. The van der Waals surface area contributed by atoms with Crippen LogP contribution >= 0.6 is 23.2 Å². The van der Waals surface area contributed by atoms with E-state index in [1.54, 1.807) is 68.4 Å². The van der Waals surface area contributed by atoms with Gasteiger partial charge in [0.1, 0.15) is 24.1 Å². The summed E-state index contributed by atoms with van der Waals surface area (Å²) in [6.07, 6.45) is 1.02. The molecule has 0 aliphatic carbocycles. The Balaban J connectivity index is 1.87. The van der Waals surface area contributed by atoms with Crippen LogP contribution < -0.4 is 14.4 Å². The van der Waals surface area contributed by atoms with E-state index in [0.717, 1.165) is 10.6 Å². The maximum atomic E-state index is 13.5. The molecule has 2 amide bonds. The van der Waals surface area contributed by atoms with Crippen LogP contribution in [-0.4, -0.2) is 50.5 Å². The van der Waals surface area contributed by atoms with E-state index in [9.17, 15) is 18.0 Å². The van der Waals surface area contributed by atoms with Gasteiger partial charge in [0.15, 0.2) is 0 Å². The zero-order valence-electron chi connectivity index (χ0n) is 21.2. The molecule has 0 spiro atoms. The second-order valence-corrected chi connectivity index (χ2v) is 11.2. The number of hydrogen-bond donors (Lipinski definition) is 1. The summed E-state index contributed by atoms with van der Waals surface area (Å²) in [7, 11) is -3.85. The first-order valence-electron chi connectivity index (χ1n) is 11.8. The Hall–Kier alpha value is -3.27. The van der Waals surface area contributed by atoms with Crippen LogP contribution in [0.2, 0.25) is 10.0 Å². The minimum absolute atomic E-state index is 0.0233. The molecule has 0 unspecified atom stereocenters. The number of ether oxygens (including phenoxy) is 1. The number of carbonyl (C=O) groups excluding carboxylic acids is 2. The summed E-state index contributed by atoms with van der Waals surface area (Å²) < 4.78 is 32.2. The van der Waals surface area contributed by atoms with Crippen LogP contribution in [0.4, 0.5) is 5.69 Å². The van der Waals surface area contributed by atoms with Gasteiger partial charge in [-0.25, -0.2) is 8.42 Å². The molecule has 1 atom stereocenters. The number of benzene rings is 3. The summed E-state index contributed by atoms with van der Waals surface area (Å²) in [5, 5.41) is 3.36. The van der Waals surface area contributed by atoms with Crippen LogP contribution in [0.1, 0.15) is 19.4 Å². The highest BCUT2D eigenvalue weighted by molar-refractivity contribution is 7.92. The van der Waals surface area contributed by atoms with Crippen molar-refractivity contribution in [3.05, 3.63) is 88.4 Å². The van der Waals surface area contributed by atoms with Gasteiger partial charge in [0.25, 0.3) is 0 Å². The topological polar surface area (TPSA) is 96.0 Å². The Morgan fingerprint density at radius 1 is 0.947 bits per heavy atom. The minimum Gasteiger partial charge on any atom is -0.457 e. The molecule has 0 saturated heterocycles. The van der Waals surface area contributed by atoms with Gasteiger partial charge >= 0.3 is 0 Å². The number of hydrogen-bond acceptors (Lipinski definition) is 5. The summed E-state index contributed by atoms with van der Waals surface area (Å²) in [5.74, 6) is 0.206. The fourth-order valence-electron chi connectivity index (χ4n) is 3.66. The Morgan fingerprint density at radius 2 is 1.58 bits per heavy atom. The Morgan fingerprint density at radius 3 is 2.16 bits per heavy atom. The number of amides is 2. The van der Waals surface area contributed by atoms with Crippen LogP contribution in [0.25, 0.3) is 0 Å². The lowest BCUT2D eigenvalue weighted by Crippen LogP contribution is -2.51. The van der Waals surface area contributed by atoms with E-state index in [1.165, 1.54) is 4.90 Å². The summed E-state index contributed by atoms with van der Waals surface area (Å²) in [5.41, 5.74) is 0.915. The fourth-order valence-corrected chi connectivity index (χ4v) is 4.83. The van der Waals surface area contributed by atoms with Gasteiger partial charge in [0.2, 0.25) is 21.8 Å². The zero-order chi connectivity index (χ0) is 27.9. The third-order valence-corrected chi connectivity index (χ3v) is 7.52. The van der Waals surface area contributed by atoms with Crippen molar-refractivity contribution >= 4 is 50.7 Å². The summed E-state index contributed by atoms with van der Waals surface area (Å²) >= 11 is 12.2. The molecule has 0 aromatic heterocycles. The molecule has 0 radical (unpaired) electrons. The van der Waals surface area contributed by atoms with Crippen LogP contribution in [0, 0.1) is 0 Å². The molecule has 3 aromatic carbocycles. The van der Waals surface area contributed by atoms with Crippen molar-refractivity contribution in [2.75, 3.05) is 23.7 Å². The van der Waals surface area contributed by atoms with Crippen LogP contribution in [0.3, 0.4) is 0 Å². The molecule has 0 aliphatic rings. The molecular weight excluding hydrogens is 549 g/mol. The van der Waals surface area contributed by atoms with Crippen molar-refractivity contribution in [1.29, 1.82) is 0 Å². The highest BCUT2D eigenvalue weighted by Gasteiger charge is 2.30. The number of likely N-dealkylation sites (N-methyl/N-ethyl adjacent to an activating group) is 1. The van der Waals surface area contributed by atoms with E-state index in [4.69, 9.17) is 27.9 Å². The smallest absolute Gasteiger partial charge is 0.244 e. The first-order chi connectivity index (χ1) is 18.0. The summed E-state index contributed by atoms with van der Waals surface area (Å²) in [4.78, 5) is 27.5. The highest BCUT2D eigenvalue weighted by atomic mass is 35.5. The predicted molar refractivity (Wildman–Crippen MR) is 150 cm³/mol. The van der Waals surface area contributed by atoms with Gasteiger partial charge < -0.3 is 15.0 Å². The lowest BCUT2D eigenvalue weighted by Gasteiger charge is -2.31. The number of sulfonamides is 1. The average molecular weight is 579 g/mol. The van der Waals surface area contributed by atoms with Gasteiger partial charge in [-0.2, -0.15) is 0 Å². The van der Waals surface area contributed by atoms with Crippen molar-refractivity contribution in [3.8, 4) is 11.5 Å². The Labute approximate surface area is 233 Å². The van der Waals surface area contributed by atoms with Gasteiger partial charge in [-0.1, -0.05) is 47.5 Å².